The fourth-order valence-electron chi connectivity index (χ4n) is 6.70. The van der Waals surface area contributed by atoms with Gasteiger partial charge in [0.05, 0.1) is 43.3 Å². The molecular weight excluding hydrogens is 454 g/mol. The van der Waals surface area contributed by atoms with Gasteiger partial charge < -0.3 is 29.5 Å². The van der Waals surface area contributed by atoms with Gasteiger partial charge in [-0.05, 0) is 25.7 Å². The second kappa shape index (κ2) is 9.80. The lowest BCUT2D eigenvalue weighted by Gasteiger charge is -2.41. The summed E-state index contributed by atoms with van der Waals surface area (Å²) in [6, 6.07) is -1.61. The molecule has 2 bridgehead atoms. The maximum Gasteiger partial charge on any atom is 0.310 e. The maximum absolute atomic E-state index is 14.2. The standard InChI is InChI=1S/C25H39N3O7/c1-5-8-27(10-9-26-11-13-34-14-12-26)22(31)20-25-7-6-24(4,35-25)19(23(32)33)18(25)21(30)28(20)17(15-29)16(2)3/h5,16-20,29H,1,6-15H2,2-4H3,(H,32,33)/t17-,18-,19+,20?,24-,25?/m0/s1. The van der Waals surface area contributed by atoms with Crippen molar-refractivity contribution >= 4 is 17.8 Å². The molecule has 0 aliphatic carbocycles. The van der Waals surface area contributed by atoms with Gasteiger partial charge in [0, 0.05) is 32.7 Å². The number of aliphatic carboxylic acids is 1. The van der Waals surface area contributed by atoms with Crippen LogP contribution in [0, 0.1) is 17.8 Å². The molecule has 0 radical (unpaired) electrons. The van der Waals surface area contributed by atoms with Crippen LogP contribution in [-0.2, 0) is 23.9 Å². The van der Waals surface area contributed by atoms with Crippen LogP contribution in [-0.4, -0.2) is 119 Å². The highest BCUT2D eigenvalue weighted by atomic mass is 16.5. The molecule has 4 rings (SSSR count). The summed E-state index contributed by atoms with van der Waals surface area (Å²) in [5.74, 6) is -3.88. The minimum Gasteiger partial charge on any atom is -0.481 e. The van der Waals surface area contributed by atoms with Gasteiger partial charge in [-0.15, -0.1) is 6.58 Å². The van der Waals surface area contributed by atoms with E-state index in [1.54, 1.807) is 17.9 Å². The summed E-state index contributed by atoms with van der Waals surface area (Å²) in [4.78, 5) is 45.8. The zero-order chi connectivity index (χ0) is 25.5. The predicted molar refractivity (Wildman–Crippen MR) is 126 cm³/mol. The lowest BCUT2D eigenvalue weighted by Crippen LogP contribution is -2.60. The van der Waals surface area contributed by atoms with Gasteiger partial charge in [0.1, 0.15) is 11.6 Å². The normalized spacial score (nSPS) is 35.4. The van der Waals surface area contributed by atoms with E-state index in [1.165, 1.54) is 4.90 Å². The Hall–Kier alpha value is -2.01. The van der Waals surface area contributed by atoms with Gasteiger partial charge in [0.2, 0.25) is 11.8 Å². The highest BCUT2D eigenvalue weighted by Crippen LogP contribution is 2.63. The van der Waals surface area contributed by atoms with Crippen molar-refractivity contribution in [3.05, 3.63) is 12.7 Å². The molecule has 2 N–H and O–H groups in total. The fraction of sp³-hybridized carbons (Fsp3) is 0.800. The minimum atomic E-state index is -1.22. The molecule has 4 fully saturated rings. The molecule has 4 saturated heterocycles. The van der Waals surface area contributed by atoms with Gasteiger partial charge in [-0.25, -0.2) is 0 Å². The molecule has 0 aromatic heterocycles. The SMILES string of the molecule is C=CCN(CCN1CCOCC1)C(=O)C1N([C@@H](CO)C(C)C)C(=O)[C@@H]2[C@H](C(=O)O)[C@]3(C)CCC12O3. The second-order valence-electron chi connectivity index (χ2n) is 10.8. The number of aliphatic hydroxyl groups is 1. The molecule has 4 aliphatic heterocycles. The quantitative estimate of drug-likeness (QED) is 0.414. The van der Waals surface area contributed by atoms with Crippen LogP contribution in [0.3, 0.4) is 0 Å². The van der Waals surface area contributed by atoms with Crippen molar-refractivity contribution in [3.8, 4) is 0 Å². The molecule has 4 heterocycles. The Morgan fingerprint density at radius 2 is 1.97 bits per heavy atom. The van der Waals surface area contributed by atoms with Crippen LogP contribution in [0.4, 0.5) is 0 Å². The van der Waals surface area contributed by atoms with E-state index >= 15 is 0 Å². The Bertz CT molecular complexity index is 860. The first-order chi connectivity index (χ1) is 16.6. The van der Waals surface area contributed by atoms with E-state index in [9.17, 15) is 24.6 Å². The topological polar surface area (TPSA) is 120 Å². The number of rotatable bonds is 10. The number of carbonyl (C=O) groups is 3. The average molecular weight is 494 g/mol. The van der Waals surface area contributed by atoms with Crippen molar-refractivity contribution in [2.75, 3.05) is 52.5 Å². The van der Waals surface area contributed by atoms with E-state index in [-0.39, 0.29) is 18.4 Å². The Labute approximate surface area is 206 Å². The zero-order valence-corrected chi connectivity index (χ0v) is 21.0. The smallest absolute Gasteiger partial charge is 0.310 e. The predicted octanol–water partition coefficient (Wildman–Crippen LogP) is 0.199. The van der Waals surface area contributed by atoms with Gasteiger partial charge in [0.25, 0.3) is 0 Å². The molecule has 0 aromatic rings. The number of nitrogens with zero attached hydrogens (tertiary/aromatic N) is 3. The van der Waals surface area contributed by atoms with Crippen molar-refractivity contribution in [2.24, 2.45) is 17.8 Å². The molecule has 35 heavy (non-hydrogen) atoms. The number of aliphatic hydroxyl groups excluding tert-OH is 1. The summed E-state index contributed by atoms with van der Waals surface area (Å²) >= 11 is 0. The monoisotopic (exact) mass is 493 g/mol. The number of hydrogen-bond acceptors (Lipinski definition) is 7. The first kappa shape index (κ1) is 26.1. The van der Waals surface area contributed by atoms with Crippen molar-refractivity contribution in [1.29, 1.82) is 0 Å². The second-order valence-corrected chi connectivity index (χ2v) is 10.8. The van der Waals surface area contributed by atoms with Crippen LogP contribution >= 0.6 is 0 Å². The molecule has 0 saturated carbocycles. The first-order valence-electron chi connectivity index (χ1n) is 12.7. The molecule has 0 aromatic carbocycles. The number of hydrogen-bond donors (Lipinski definition) is 2. The highest BCUT2D eigenvalue weighted by Gasteiger charge is 2.78. The first-order valence-corrected chi connectivity index (χ1v) is 12.7. The van der Waals surface area contributed by atoms with Gasteiger partial charge in [0.15, 0.2) is 0 Å². The van der Waals surface area contributed by atoms with Gasteiger partial charge in [-0.3, -0.25) is 19.3 Å². The zero-order valence-electron chi connectivity index (χ0n) is 21.0. The summed E-state index contributed by atoms with van der Waals surface area (Å²) < 4.78 is 11.9. The summed E-state index contributed by atoms with van der Waals surface area (Å²) in [6.07, 6.45) is 2.55. The van der Waals surface area contributed by atoms with Crippen LogP contribution < -0.4 is 0 Å². The number of morpholine rings is 1. The van der Waals surface area contributed by atoms with Gasteiger partial charge in [-0.2, -0.15) is 0 Å². The van der Waals surface area contributed by atoms with Crippen LogP contribution in [0.2, 0.25) is 0 Å². The number of ether oxygens (including phenoxy) is 2. The third kappa shape index (κ3) is 4.18. The third-order valence-corrected chi connectivity index (χ3v) is 8.48. The minimum absolute atomic E-state index is 0.133. The number of amides is 2. The van der Waals surface area contributed by atoms with Crippen molar-refractivity contribution in [1.82, 2.24) is 14.7 Å². The van der Waals surface area contributed by atoms with Crippen LogP contribution in [0.5, 0.6) is 0 Å². The van der Waals surface area contributed by atoms with Gasteiger partial charge in [-0.1, -0.05) is 19.9 Å². The molecule has 10 heteroatoms. The summed E-state index contributed by atoms with van der Waals surface area (Å²) in [7, 11) is 0. The van der Waals surface area contributed by atoms with Crippen molar-refractivity contribution in [3.63, 3.8) is 0 Å². The Morgan fingerprint density at radius 3 is 2.54 bits per heavy atom. The van der Waals surface area contributed by atoms with E-state index < -0.39 is 47.0 Å². The Balaban J connectivity index is 1.70. The van der Waals surface area contributed by atoms with Crippen LogP contribution in [0.15, 0.2) is 12.7 Å². The number of fused-ring (bicyclic) bond motifs is 1. The van der Waals surface area contributed by atoms with Gasteiger partial charge >= 0.3 is 5.97 Å². The number of carbonyl (C=O) groups excluding carboxylic acids is 2. The highest BCUT2D eigenvalue weighted by molar-refractivity contribution is 5.98. The van der Waals surface area contributed by atoms with E-state index in [0.717, 1.165) is 13.1 Å². The maximum atomic E-state index is 14.2. The summed E-state index contributed by atoms with van der Waals surface area (Å²) in [5, 5.41) is 20.3. The fourth-order valence-corrected chi connectivity index (χ4v) is 6.70. The molecule has 4 aliphatic rings. The Kier molecular flexibility index (Phi) is 7.30. The van der Waals surface area contributed by atoms with E-state index in [2.05, 4.69) is 11.5 Å². The molecular formula is C25H39N3O7. The van der Waals surface area contributed by atoms with E-state index in [4.69, 9.17) is 9.47 Å². The molecule has 1 spiro atoms. The van der Waals surface area contributed by atoms with Crippen LogP contribution in [0.25, 0.3) is 0 Å². The largest absolute Gasteiger partial charge is 0.481 e. The summed E-state index contributed by atoms with van der Waals surface area (Å²) in [6.45, 7) is 13.3. The van der Waals surface area contributed by atoms with E-state index in [0.29, 0.717) is 45.7 Å². The molecule has 6 atom stereocenters. The van der Waals surface area contributed by atoms with Crippen LogP contribution in [0.1, 0.15) is 33.6 Å². The van der Waals surface area contributed by atoms with Crippen molar-refractivity contribution < 1.29 is 34.1 Å². The third-order valence-electron chi connectivity index (χ3n) is 8.48. The molecule has 2 unspecified atom stereocenters. The lowest BCUT2D eigenvalue weighted by molar-refractivity contribution is -0.159. The van der Waals surface area contributed by atoms with Crippen molar-refractivity contribution in [2.45, 2.75) is 56.9 Å². The summed E-state index contributed by atoms with van der Waals surface area (Å²) in [5.41, 5.74) is -2.22. The average Bonchev–Trinajstić information content (AvgIpc) is 3.38. The van der Waals surface area contributed by atoms with E-state index in [1.807, 2.05) is 13.8 Å². The number of carboxylic acid groups (broad SMARTS) is 1. The number of likely N-dealkylation sites (tertiary alicyclic amines) is 1. The molecule has 2 amide bonds. The molecule has 196 valence electrons. The number of carboxylic acids is 1. The molecule has 10 nitrogen and oxygen atoms in total. The Morgan fingerprint density at radius 1 is 1.29 bits per heavy atom. The lowest BCUT2D eigenvalue weighted by atomic mass is 9.66.